The first-order valence-electron chi connectivity index (χ1n) is 4.21. The fourth-order valence-corrected chi connectivity index (χ4v) is 1.23. The van der Waals surface area contributed by atoms with Crippen molar-refractivity contribution in [1.29, 1.82) is 0 Å². The van der Waals surface area contributed by atoms with E-state index in [-0.39, 0.29) is 0 Å². The van der Waals surface area contributed by atoms with Gasteiger partial charge in [-0.25, -0.2) is 4.98 Å². The fraction of sp³-hybridized carbons (Fsp3) is 0.100. The Bertz CT molecular complexity index is 462. The number of rotatable bonds is 2. The van der Waals surface area contributed by atoms with Crippen LogP contribution in [0.3, 0.4) is 0 Å². The summed E-state index contributed by atoms with van der Waals surface area (Å²) in [5.41, 5.74) is 2.12. The van der Waals surface area contributed by atoms with Gasteiger partial charge in [0.25, 0.3) is 0 Å². The maximum Gasteiger partial charge on any atom is 0.168 e. The first-order chi connectivity index (χ1) is 6.79. The molecule has 0 unspecified atom stereocenters. The van der Waals surface area contributed by atoms with Crippen molar-refractivity contribution < 1.29 is 4.79 Å². The second kappa shape index (κ2) is 3.41. The predicted octanol–water partition coefficient (Wildman–Crippen LogP) is 1.29. The van der Waals surface area contributed by atoms with Gasteiger partial charge in [0, 0.05) is 18.8 Å². The Kier molecular flexibility index (Phi) is 2.10. The molecule has 0 aliphatic rings. The van der Waals surface area contributed by atoms with Gasteiger partial charge in [0.1, 0.15) is 5.69 Å². The van der Waals surface area contributed by atoms with E-state index in [2.05, 4.69) is 10.1 Å². The molecule has 0 atom stereocenters. The molecule has 0 aliphatic carbocycles. The van der Waals surface area contributed by atoms with E-state index in [1.54, 1.807) is 23.0 Å². The molecule has 4 heteroatoms. The van der Waals surface area contributed by atoms with Crippen LogP contribution >= 0.6 is 0 Å². The van der Waals surface area contributed by atoms with Crippen molar-refractivity contribution in [3.63, 3.8) is 0 Å². The Morgan fingerprint density at radius 2 is 2.29 bits per heavy atom. The molecule has 0 aliphatic heterocycles. The Morgan fingerprint density at radius 3 is 2.93 bits per heavy atom. The smallest absolute Gasteiger partial charge is 0.168 e. The van der Waals surface area contributed by atoms with Gasteiger partial charge >= 0.3 is 0 Å². The Hall–Kier alpha value is -1.97. The van der Waals surface area contributed by atoms with Crippen LogP contribution in [0.4, 0.5) is 0 Å². The zero-order chi connectivity index (χ0) is 9.97. The third-order valence-electron chi connectivity index (χ3n) is 1.89. The van der Waals surface area contributed by atoms with Crippen molar-refractivity contribution in [2.45, 2.75) is 0 Å². The molecule has 2 aromatic rings. The summed E-state index contributed by atoms with van der Waals surface area (Å²) in [5.74, 6) is 0. The van der Waals surface area contributed by atoms with Crippen molar-refractivity contribution in [3.05, 3.63) is 36.3 Å². The zero-order valence-corrected chi connectivity index (χ0v) is 7.71. The highest BCUT2D eigenvalue weighted by Crippen LogP contribution is 2.14. The number of aldehydes is 1. The molecular weight excluding hydrogens is 178 g/mol. The summed E-state index contributed by atoms with van der Waals surface area (Å²) in [6, 6.07) is 5.33. The summed E-state index contributed by atoms with van der Waals surface area (Å²) in [7, 11) is 1.84. The van der Waals surface area contributed by atoms with E-state index in [9.17, 15) is 4.79 Å². The van der Waals surface area contributed by atoms with Crippen LogP contribution in [0.25, 0.3) is 11.3 Å². The van der Waals surface area contributed by atoms with Crippen molar-refractivity contribution in [3.8, 4) is 11.3 Å². The summed E-state index contributed by atoms with van der Waals surface area (Å²) < 4.78 is 1.70. The van der Waals surface area contributed by atoms with Crippen molar-refractivity contribution in [2.24, 2.45) is 7.05 Å². The molecule has 0 amide bonds. The lowest BCUT2D eigenvalue weighted by molar-refractivity contribution is 0.111. The maximum absolute atomic E-state index is 10.5. The number of hydrogen-bond acceptors (Lipinski definition) is 3. The lowest BCUT2D eigenvalue weighted by atomic mass is 10.2. The first kappa shape index (κ1) is 8.62. The van der Waals surface area contributed by atoms with E-state index in [1.807, 2.05) is 19.3 Å². The maximum atomic E-state index is 10.5. The van der Waals surface area contributed by atoms with E-state index >= 15 is 0 Å². The molecule has 0 bridgehead atoms. The molecule has 0 N–H and O–H groups in total. The van der Waals surface area contributed by atoms with Gasteiger partial charge < -0.3 is 0 Å². The summed E-state index contributed by atoms with van der Waals surface area (Å²) in [5, 5.41) is 4.04. The first-order valence-corrected chi connectivity index (χ1v) is 4.21. The van der Waals surface area contributed by atoms with Gasteiger partial charge in [-0.3, -0.25) is 9.48 Å². The highest BCUT2D eigenvalue weighted by atomic mass is 16.1. The molecule has 0 fully saturated rings. The minimum Gasteiger partial charge on any atom is -0.296 e. The van der Waals surface area contributed by atoms with Crippen LogP contribution in [-0.4, -0.2) is 21.1 Å². The Morgan fingerprint density at radius 1 is 1.43 bits per heavy atom. The minimum absolute atomic E-state index is 0.436. The molecule has 0 saturated carbocycles. The SMILES string of the molecule is Cn1cc(-c2cccc(C=O)n2)cn1. The number of pyridine rings is 1. The van der Waals surface area contributed by atoms with E-state index in [0.717, 1.165) is 17.5 Å². The van der Waals surface area contributed by atoms with Crippen LogP contribution in [0.1, 0.15) is 10.5 Å². The number of carbonyl (C=O) groups is 1. The zero-order valence-electron chi connectivity index (χ0n) is 7.71. The molecule has 14 heavy (non-hydrogen) atoms. The average Bonchev–Trinajstić information content (AvgIpc) is 2.65. The van der Waals surface area contributed by atoms with Crippen LogP contribution in [0.15, 0.2) is 30.6 Å². The van der Waals surface area contributed by atoms with E-state index < -0.39 is 0 Å². The van der Waals surface area contributed by atoms with Gasteiger partial charge in [-0.2, -0.15) is 5.10 Å². The highest BCUT2D eigenvalue weighted by Gasteiger charge is 2.01. The molecule has 2 rings (SSSR count). The Labute approximate surface area is 81.2 Å². The van der Waals surface area contributed by atoms with E-state index in [0.29, 0.717) is 5.69 Å². The third kappa shape index (κ3) is 1.54. The summed E-state index contributed by atoms with van der Waals surface area (Å²) in [6.07, 6.45) is 4.31. The summed E-state index contributed by atoms with van der Waals surface area (Å²) >= 11 is 0. The number of aryl methyl sites for hydroxylation is 1. The monoisotopic (exact) mass is 187 g/mol. The van der Waals surface area contributed by atoms with Crippen LogP contribution in [0, 0.1) is 0 Å². The second-order valence-electron chi connectivity index (χ2n) is 2.97. The lowest BCUT2D eigenvalue weighted by Gasteiger charge is -1.95. The van der Waals surface area contributed by atoms with E-state index in [4.69, 9.17) is 0 Å². The topological polar surface area (TPSA) is 47.8 Å². The third-order valence-corrected chi connectivity index (χ3v) is 1.89. The van der Waals surface area contributed by atoms with Crippen LogP contribution in [0.5, 0.6) is 0 Å². The summed E-state index contributed by atoms with van der Waals surface area (Å²) in [6.45, 7) is 0. The second-order valence-corrected chi connectivity index (χ2v) is 2.97. The molecule has 4 nitrogen and oxygen atoms in total. The number of nitrogens with zero attached hydrogens (tertiary/aromatic N) is 3. The van der Waals surface area contributed by atoms with Crippen LogP contribution in [0.2, 0.25) is 0 Å². The Balaban J connectivity index is 2.46. The van der Waals surface area contributed by atoms with Crippen molar-refractivity contribution in [2.75, 3.05) is 0 Å². The quantitative estimate of drug-likeness (QED) is 0.665. The van der Waals surface area contributed by atoms with Gasteiger partial charge in [0.15, 0.2) is 6.29 Å². The van der Waals surface area contributed by atoms with E-state index in [1.165, 1.54) is 0 Å². The standard InChI is InChI=1S/C10H9N3O/c1-13-6-8(5-11-13)10-4-2-3-9(7-14)12-10/h2-7H,1H3. The van der Waals surface area contributed by atoms with Crippen molar-refractivity contribution in [1.82, 2.24) is 14.8 Å². The van der Waals surface area contributed by atoms with Gasteiger partial charge in [0.05, 0.1) is 11.9 Å². The van der Waals surface area contributed by atoms with Crippen LogP contribution < -0.4 is 0 Å². The molecule has 0 radical (unpaired) electrons. The van der Waals surface area contributed by atoms with Crippen molar-refractivity contribution >= 4 is 6.29 Å². The summed E-state index contributed by atoms with van der Waals surface area (Å²) in [4.78, 5) is 14.7. The van der Waals surface area contributed by atoms with Crippen LogP contribution in [-0.2, 0) is 7.05 Å². The average molecular weight is 187 g/mol. The molecule has 0 aromatic carbocycles. The molecule has 0 saturated heterocycles. The molecule has 2 aromatic heterocycles. The largest absolute Gasteiger partial charge is 0.296 e. The molecule has 70 valence electrons. The van der Waals surface area contributed by atoms with Gasteiger partial charge in [-0.15, -0.1) is 0 Å². The lowest BCUT2D eigenvalue weighted by Crippen LogP contribution is -1.88. The molecule has 2 heterocycles. The fourth-order valence-electron chi connectivity index (χ4n) is 1.23. The number of carbonyl (C=O) groups excluding carboxylic acids is 1. The number of aromatic nitrogens is 3. The normalized spacial score (nSPS) is 10.1. The van der Waals surface area contributed by atoms with Gasteiger partial charge in [-0.1, -0.05) is 6.07 Å². The number of hydrogen-bond donors (Lipinski definition) is 0. The van der Waals surface area contributed by atoms with Gasteiger partial charge in [0.2, 0.25) is 0 Å². The molecule has 0 spiro atoms. The highest BCUT2D eigenvalue weighted by molar-refractivity contribution is 5.73. The van der Waals surface area contributed by atoms with Gasteiger partial charge in [-0.05, 0) is 12.1 Å². The minimum atomic E-state index is 0.436. The molecular formula is C10H9N3O. The predicted molar refractivity (Wildman–Crippen MR) is 51.8 cm³/mol.